The van der Waals surface area contributed by atoms with Crippen molar-refractivity contribution in [1.29, 1.82) is 0 Å². The third kappa shape index (κ3) is 4.07. The molecule has 154 valence electrons. The number of benzene rings is 1. The van der Waals surface area contributed by atoms with Crippen LogP contribution in [0.1, 0.15) is 0 Å². The minimum atomic E-state index is -0.318. The number of H-pyrrole nitrogens is 1. The lowest BCUT2D eigenvalue weighted by Gasteiger charge is -2.08. The first-order valence-corrected chi connectivity index (χ1v) is 9.50. The number of nitrogens with zero attached hydrogens (tertiary/aromatic N) is 3. The number of fused-ring (bicyclic) bond motifs is 1. The molecule has 0 aliphatic carbocycles. The molecule has 0 fully saturated rings. The first-order valence-electron chi connectivity index (χ1n) is 9.50. The molecule has 8 nitrogen and oxygen atoms in total. The van der Waals surface area contributed by atoms with Gasteiger partial charge in [-0.05, 0) is 29.8 Å². The van der Waals surface area contributed by atoms with Gasteiger partial charge in [0.1, 0.15) is 23.0 Å². The summed E-state index contributed by atoms with van der Waals surface area (Å²) in [6.45, 7) is 0.730. The van der Waals surface area contributed by atoms with E-state index in [9.17, 15) is 4.39 Å². The highest BCUT2D eigenvalue weighted by atomic mass is 19.1. The fraction of sp³-hybridized carbons (Fsp3) is 0.190. The summed E-state index contributed by atoms with van der Waals surface area (Å²) in [5, 5.41) is 24.1. The Labute approximate surface area is 171 Å². The summed E-state index contributed by atoms with van der Waals surface area (Å²) in [6, 6.07) is 9.93. The number of aromatic amines is 1. The van der Waals surface area contributed by atoms with E-state index in [1.165, 1.54) is 12.1 Å². The van der Waals surface area contributed by atoms with E-state index in [2.05, 4.69) is 30.6 Å². The second-order valence-electron chi connectivity index (χ2n) is 6.56. The van der Waals surface area contributed by atoms with Gasteiger partial charge in [0.05, 0.1) is 25.1 Å². The average molecular weight is 408 g/mol. The summed E-state index contributed by atoms with van der Waals surface area (Å²) in [7, 11) is 0. The second kappa shape index (κ2) is 8.85. The van der Waals surface area contributed by atoms with Gasteiger partial charge >= 0.3 is 0 Å². The zero-order chi connectivity index (χ0) is 20.9. The predicted molar refractivity (Wildman–Crippen MR) is 114 cm³/mol. The number of nitrogens with one attached hydrogen (secondary N) is 3. The van der Waals surface area contributed by atoms with Crippen LogP contribution in [0.3, 0.4) is 0 Å². The molecule has 0 atom stereocenters. The van der Waals surface area contributed by atoms with Crippen LogP contribution in [-0.4, -0.2) is 56.5 Å². The van der Waals surface area contributed by atoms with Crippen LogP contribution in [0, 0.1) is 5.82 Å². The molecule has 0 radical (unpaired) electrons. The fourth-order valence-corrected chi connectivity index (χ4v) is 3.21. The van der Waals surface area contributed by atoms with E-state index in [1.54, 1.807) is 24.5 Å². The number of aliphatic hydroxyl groups is 2. The van der Waals surface area contributed by atoms with Crippen molar-refractivity contribution in [2.75, 3.05) is 36.9 Å². The molecule has 30 heavy (non-hydrogen) atoms. The molecule has 4 aromatic rings. The molecule has 0 unspecified atom stereocenters. The summed E-state index contributed by atoms with van der Waals surface area (Å²) in [6.07, 6.45) is 3.27. The normalized spacial score (nSPS) is 11.0. The molecule has 3 heterocycles. The summed E-state index contributed by atoms with van der Waals surface area (Å²) < 4.78 is 13.5. The van der Waals surface area contributed by atoms with Crippen LogP contribution in [0.25, 0.3) is 33.5 Å². The van der Waals surface area contributed by atoms with E-state index in [-0.39, 0.29) is 19.0 Å². The SMILES string of the molecule is OCCNc1cc(-c2[nH]c3nc(NCCO)cnc3c2-c2ccc(F)cc2)ccn1. The second-order valence-corrected chi connectivity index (χ2v) is 6.56. The fourth-order valence-electron chi connectivity index (χ4n) is 3.21. The average Bonchev–Trinajstić information content (AvgIpc) is 3.16. The van der Waals surface area contributed by atoms with E-state index >= 15 is 0 Å². The van der Waals surface area contributed by atoms with Crippen molar-refractivity contribution in [2.45, 2.75) is 0 Å². The maximum Gasteiger partial charge on any atom is 0.159 e. The number of aromatic nitrogens is 4. The molecule has 4 rings (SSSR count). The minimum absolute atomic E-state index is 0.00339. The molecule has 0 aliphatic heterocycles. The van der Waals surface area contributed by atoms with Crippen LogP contribution < -0.4 is 10.6 Å². The quantitative estimate of drug-likeness (QED) is 0.304. The lowest BCUT2D eigenvalue weighted by Crippen LogP contribution is -2.07. The van der Waals surface area contributed by atoms with E-state index in [4.69, 9.17) is 10.2 Å². The van der Waals surface area contributed by atoms with E-state index in [1.807, 2.05) is 12.1 Å². The van der Waals surface area contributed by atoms with Crippen molar-refractivity contribution in [3.8, 4) is 22.4 Å². The zero-order valence-corrected chi connectivity index (χ0v) is 16.1. The molecule has 0 aliphatic rings. The maximum absolute atomic E-state index is 13.5. The van der Waals surface area contributed by atoms with Crippen molar-refractivity contribution in [1.82, 2.24) is 19.9 Å². The van der Waals surface area contributed by atoms with Gasteiger partial charge in [-0.25, -0.2) is 19.3 Å². The molecule has 1 aromatic carbocycles. The highest BCUT2D eigenvalue weighted by molar-refractivity contribution is 6.00. The molecule has 0 spiro atoms. The van der Waals surface area contributed by atoms with Gasteiger partial charge in [-0.2, -0.15) is 0 Å². The van der Waals surface area contributed by atoms with E-state index < -0.39 is 0 Å². The molecule has 0 saturated heterocycles. The standard InChI is InChI=1S/C21H21FN6O2/c22-15-3-1-13(2-4-15)18-19(14-5-6-23-16(11-14)24-7-9-29)28-21-20(18)26-12-17(27-21)25-8-10-30/h1-6,11-12,29-30H,7-10H2,(H,23,24)(H2,25,27,28). The summed E-state index contributed by atoms with van der Waals surface area (Å²) in [5.74, 6) is 0.840. The van der Waals surface area contributed by atoms with E-state index in [0.29, 0.717) is 35.9 Å². The van der Waals surface area contributed by atoms with Crippen LogP contribution in [-0.2, 0) is 0 Å². The van der Waals surface area contributed by atoms with Crippen LogP contribution >= 0.6 is 0 Å². The highest BCUT2D eigenvalue weighted by Crippen LogP contribution is 2.37. The number of pyridine rings is 1. The first-order chi connectivity index (χ1) is 14.7. The molecular weight excluding hydrogens is 387 g/mol. The number of hydrogen-bond acceptors (Lipinski definition) is 7. The minimum Gasteiger partial charge on any atom is -0.395 e. The third-order valence-corrected chi connectivity index (χ3v) is 4.52. The zero-order valence-electron chi connectivity index (χ0n) is 16.1. The predicted octanol–water partition coefficient (Wildman–Crippen LogP) is 2.63. The van der Waals surface area contributed by atoms with Crippen LogP contribution in [0.5, 0.6) is 0 Å². The Morgan fingerprint density at radius 3 is 2.37 bits per heavy atom. The van der Waals surface area contributed by atoms with E-state index in [0.717, 1.165) is 22.4 Å². The monoisotopic (exact) mass is 408 g/mol. The summed E-state index contributed by atoms with van der Waals surface area (Å²) >= 11 is 0. The van der Waals surface area contributed by atoms with Gasteiger partial charge in [0.25, 0.3) is 0 Å². The first kappa shape index (κ1) is 19.7. The van der Waals surface area contributed by atoms with Crippen molar-refractivity contribution < 1.29 is 14.6 Å². The van der Waals surface area contributed by atoms with Crippen molar-refractivity contribution >= 4 is 22.8 Å². The summed E-state index contributed by atoms with van der Waals surface area (Å²) in [5.41, 5.74) is 4.41. The number of anilines is 2. The maximum atomic E-state index is 13.5. The Bertz CT molecular complexity index is 1150. The smallest absolute Gasteiger partial charge is 0.159 e. The topological polar surface area (TPSA) is 119 Å². The largest absolute Gasteiger partial charge is 0.395 e. The molecular formula is C21H21FN6O2. The Hall–Kier alpha value is -3.56. The van der Waals surface area contributed by atoms with Gasteiger partial charge in [-0.3, -0.25) is 0 Å². The molecule has 9 heteroatoms. The van der Waals surface area contributed by atoms with Gasteiger partial charge in [0.15, 0.2) is 5.65 Å². The number of rotatable bonds is 8. The van der Waals surface area contributed by atoms with Crippen molar-refractivity contribution in [3.63, 3.8) is 0 Å². The molecule has 3 aromatic heterocycles. The highest BCUT2D eigenvalue weighted by Gasteiger charge is 2.18. The molecule has 0 amide bonds. The Morgan fingerprint density at radius 1 is 0.900 bits per heavy atom. The van der Waals surface area contributed by atoms with Gasteiger partial charge in [-0.15, -0.1) is 0 Å². The third-order valence-electron chi connectivity index (χ3n) is 4.52. The summed E-state index contributed by atoms with van der Waals surface area (Å²) in [4.78, 5) is 16.7. The molecule has 0 saturated carbocycles. The lowest BCUT2D eigenvalue weighted by atomic mass is 10.0. The van der Waals surface area contributed by atoms with Crippen molar-refractivity contribution in [2.24, 2.45) is 0 Å². The number of aliphatic hydroxyl groups excluding tert-OH is 2. The number of halogens is 1. The van der Waals surface area contributed by atoms with Crippen LogP contribution in [0.4, 0.5) is 16.0 Å². The molecule has 5 N–H and O–H groups in total. The van der Waals surface area contributed by atoms with Crippen molar-refractivity contribution in [3.05, 3.63) is 54.6 Å². The van der Waals surface area contributed by atoms with Gasteiger partial charge < -0.3 is 25.8 Å². The van der Waals surface area contributed by atoms with Gasteiger partial charge in [-0.1, -0.05) is 12.1 Å². The lowest BCUT2D eigenvalue weighted by molar-refractivity contribution is 0.310. The Morgan fingerprint density at radius 2 is 1.63 bits per heavy atom. The Balaban J connectivity index is 1.86. The van der Waals surface area contributed by atoms with Crippen LogP contribution in [0.2, 0.25) is 0 Å². The van der Waals surface area contributed by atoms with Crippen LogP contribution in [0.15, 0.2) is 48.8 Å². The molecule has 0 bridgehead atoms. The Kier molecular flexibility index (Phi) is 5.82. The van der Waals surface area contributed by atoms with Gasteiger partial charge in [0.2, 0.25) is 0 Å². The number of hydrogen-bond donors (Lipinski definition) is 5. The van der Waals surface area contributed by atoms with Gasteiger partial charge in [0, 0.05) is 30.4 Å².